The Hall–Kier alpha value is -2.18. The fourth-order valence-corrected chi connectivity index (χ4v) is 2.93. The molecule has 0 unspecified atom stereocenters. The predicted octanol–water partition coefficient (Wildman–Crippen LogP) is 3.05. The lowest BCUT2D eigenvalue weighted by molar-refractivity contribution is -0.385. The number of benzene rings is 1. The lowest BCUT2D eigenvalue weighted by atomic mass is 9.78. The molecule has 0 radical (unpaired) electrons. The van der Waals surface area contributed by atoms with Gasteiger partial charge in [-0.3, -0.25) is 14.9 Å². The van der Waals surface area contributed by atoms with E-state index in [2.05, 4.69) is 19.2 Å². The van der Waals surface area contributed by atoms with Gasteiger partial charge in [-0.1, -0.05) is 26.7 Å². The molecule has 1 aliphatic rings. The minimum atomic E-state index is -0.669. The molecule has 6 nitrogen and oxygen atoms in total. The number of hydrogen-bond donors (Lipinski definition) is 1. The number of nitro groups is 1. The number of nitrogens with one attached hydrogen (secondary N) is 1. The number of rotatable bonds is 5. The Morgan fingerprint density at radius 2 is 2.17 bits per heavy atom. The topological polar surface area (TPSA) is 81.5 Å². The van der Waals surface area contributed by atoms with E-state index >= 15 is 0 Å². The molecule has 1 saturated carbocycles. The summed E-state index contributed by atoms with van der Waals surface area (Å²) in [4.78, 5) is 22.2. The normalized spacial score (nSPS) is 24.0. The molecule has 7 heteroatoms. The summed E-state index contributed by atoms with van der Waals surface area (Å²) in [6, 6.07) is 3.00. The van der Waals surface area contributed by atoms with E-state index in [4.69, 9.17) is 4.74 Å². The van der Waals surface area contributed by atoms with Gasteiger partial charge in [-0.15, -0.1) is 0 Å². The smallest absolute Gasteiger partial charge is 0.311 e. The van der Waals surface area contributed by atoms with E-state index < -0.39 is 10.7 Å². The van der Waals surface area contributed by atoms with Crippen LogP contribution >= 0.6 is 0 Å². The third kappa shape index (κ3) is 4.40. The van der Waals surface area contributed by atoms with Gasteiger partial charge in [0, 0.05) is 18.2 Å². The summed E-state index contributed by atoms with van der Waals surface area (Å²) in [5, 5.41) is 13.8. The number of amides is 1. The molecule has 0 aliphatic heterocycles. The van der Waals surface area contributed by atoms with Crippen LogP contribution in [0, 0.1) is 27.8 Å². The number of carbonyl (C=O) groups excluding carboxylic acids is 1. The molecule has 0 heterocycles. The quantitative estimate of drug-likeness (QED) is 0.666. The van der Waals surface area contributed by atoms with Gasteiger partial charge in [0.15, 0.2) is 6.61 Å². The van der Waals surface area contributed by atoms with Crippen LogP contribution in [0.4, 0.5) is 10.1 Å². The molecule has 2 rings (SSSR count). The second-order valence-corrected chi connectivity index (χ2v) is 6.10. The van der Waals surface area contributed by atoms with Crippen molar-refractivity contribution in [3.8, 4) is 5.75 Å². The maximum atomic E-state index is 13.2. The van der Waals surface area contributed by atoms with Gasteiger partial charge in [0.25, 0.3) is 5.91 Å². The van der Waals surface area contributed by atoms with E-state index in [-0.39, 0.29) is 30.0 Å². The van der Waals surface area contributed by atoms with Crippen LogP contribution in [-0.4, -0.2) is 23.5 Å². The van der Waals surface area contributed by atoms with Gasteiger partial charge >= 0.3 is 5.69 Å². The second kappa shape index (κ2) is 7.39. The average Bonchev–Trinajstić information content (AvgIpc) is 2.49. The highest BCUT2D eigenvalue weighted by Gasteiger charge is 2.28. The van der Waals surface area contributed by atoms with Crippen LogP contribution in [0.5, 0.6) is 5.75 Å². The standard InChI is InChI=1S/C16H21FN2O4/c1-10-4-3-5-13(11(10)2)18-16(20)9-23-15-8-12(17)6-7-14(15)19(21)22/h6-8,10-11,13H,3-5,9H2,1-2H3,(H,18,20)/t10-,11+,13-/m0/s1. The summed E-state index contributed by atoms with van der Waals surface area (Å²) in [5.41, 5.74) is -0.362. The van der Waals surface area contributed by atoms with Crippen LogP contribution in [0.3, 0.4) is 0 Å². The first-order valence-corrected chi connectivity index (χ1v) is 7.74. The zero-order valence-electron chi connectivity index (χ0n) is 13.3. The Bertz CT molecular complexity index is 593. The largest absolute Gasteiger partial charge is 0.477 e. The summed E-state index contributed by atoms with van der Waals surface area (Å²) in [6.45, 7) is 3.89. The van der Waals surface area contributed by atoms with Crippen molar-refractivity contribution in [1.29, 1.82) is 0 Å². The van der Waals surface area contributed by atoms with Gasteiger partial charge in [0.05, 0.1) is 4.92 Å². The van der Waals surface area contributed by atoms with Gasteiger partial charge in [0.2, 0.25) is 5.75 Å². The van der Waals surface area contributed by atoms with Crippen molar-refractivity contribution < 1.29 is 18.8 Å². The molecule has 1 aromatic carbocycles. The highest BCUT2D eigenvalue weighted by molar-refractivity contribution is 5.78. The third-order valence-electron chi connectivity index (χ3n) is 4.53. The fraction of sp³-hybridized carbons (Fsp3) is 0.562. The molecule has 3 atom stereocenters. The molecule has 1 fully saturated rings. The summed E-state index contributed by atoms with van der Waals surface area (Å²) in [6.07, 6.45) is 3.13. The highest BCUT2D eigenvalue weighted by Crippen LogP contribution is 2.30. The Labute approximate surface area is 134 Å². The van der Waals surface area contributed by atoms with E-state index in [9.17, 15) is 19.3 Å². The molecule has 0 aromatic heterocycles. The van der Waals surface area contributed by atoms with Crippen molar-refractivity contribution in [2.24, 2.45) is 11.8 Å². The monoisotopic (exact) mass is 324 g/mol. The molecule has 1 aromatic rings. The molecular weight excluding hydrogens is 303 g/mol. The molecular formula is C16H21FN2O4. The summed E-state index contributed by atoms with van der Waals surface area (Å²) in [5.74, 6) is -0.332. The van der Waals surface area contributed by atoms with Crippen LogP contribution in [0.15, 0.2) is 18.2 Å². The van der Waals surface area contributed by atoms with E-state index in [0.29, 0.717) is 11.8 Å². The van der Waals surface area contributed by atoms with E-state index in [0.717, 1.165) is 37.5 Å². The Morgan fingerprint density at radius 1 is 1.43 bits per heavy atom. The molecule has 0 bridgehead atoms. The average molecular weight is 324 g/mol. The predicted molar refractivity (Wildman–Crippen MR) is 82.7 cm³/mol. The first kappa shape index (κ1) is 17.2. The summed E-state index contributed by atoms with van der Waals surface area (Å²) >= 11 is 0. The summed E-state index contributed by atoms with van der Waals surface area (Å²) in [7, 11) is 0. The van der Waals surface area contributed by atoms with Crippen LogP contribution in [0.25, 0.3) is 0 Å². The first-order chi connectivity index (χ1) is 10.9. The maximum Gasteiger partial charge on any atom is 0.311 e. The molecule has 1 N–H and O–H groups in total. The lowest BCUT2D eigenvalue weighted by Crippen LogP contribution is -2.45. The number of ether oxygens (including phenoxy) is 1. The van der Waals surface area contributed by atoms with Gasteiger partial charge in [-0.2, -0.15) is 0 Å². The van der Waals surface area contributed by atoms with Crippen LogP contribution in [0.1, 0.15) is 33.1 Å². The highest BCUT2D eigenvalue weighted by atomic mass is 19.1. The lowest BCUT2D eigenvalue weighted by Gasteiger charge is -2.34. The molecule has 1 aliphatic carbocycles. The molecule has 1 amide bonds. The van der Waals surface area contributed by atoms with Crippen LogP contribution in [0.2, 0.25) is 0 Å². The van der Waals surface area contributed by atoms with Crippen LogP contribution in [-0.2, 0) is 4.79 Å². The Balaban J connectivity index is 1.94. The van der Waals surface area contributed by atoms with E-state index in [1.807, 2.05) is 0 Å². The van der Waals surface area contributed by atoms with Crippen molar-refractivity contribution in [3.63, 3.8) is 0 Å². The van der Waals surface area contributed by atoms with Crippen molar-refractivity contribution in [2.75, 3.05) is 6.61 Å². The molecule has 0 saturated heterocycles. The summed E-state index contributed by atoms with van der Waals surface area (Å²) < 4.78 is 18.3. The minimum absolute atomic E-state index is 0.0809. The number of halogens is 1. The third-order valence-corrected chi connectivity index (χ3v) is 4.53. The second-order valence-electron chi connectivity index (χ2n) is 6.10. The maximum absolute atomic E-state index is 13.2. The number of carbonyl (C=O) groups is 1. The molecule has 0 spiro atoms. The Morgan fingerprint density at radius 3 is 2.87 bits per heavy atom. The van der Waals surface area contributed by atoms with Crippen molar-refractivity contribution in [2.45, 2.75) is 39.2 Å². The SMILES string of the molecule is C[C@H]1[C@@H](NC(=O)COc2cc(F)ccc2[N+](=O)[O-])CCC[C@@H]1C. The van der Waals surface area contributed by atoms with Gasteiger partial charge in [-0.25, -0.2) is 4.39 Å². The minimum Gasteiger partial charge on any atom is -0.477 e. The van der Waals surface area contributed by atoms with Crippen molar-refractivity contribution in [3.05, 3.63) is 34.1 Å². The first-order valence-electron chi connectivity index (χ1n) is 7.74. The van der Waals surface area contributed by atoms with Crippen LogP contribution < -0.4 is 10.1 Å². The van der Waals surface area contributed by atoms with Gasteiger partial charge < -0.3 is 10.1 Å². The fourth-order valence-electron chi connectivity index (χ4n) is 2.93. The van der Waals surface area contributed by atoms with Crippen molar-refractivity contribution in [1.82, 2.24) is 5.32 Å². The van der Waals surface area contributed by atoms with E-state index in [1.54, 1.807) is 0 Å². The zero-order valence-corrected chi connectivity index (χ0v) is 13.3. The van der Waals surface area contributed by atoms with Gasteiger partial charge in [-0.05, 0) is 24.3 Å². The van der Waals surface area contributed by atoms with Gasteiger partial charge in [0.1, 0.15) is 5.82 Å². The molecule has 126 valence electrons. The Kier molecular flexibility index (Phi) is 5.52. The number of nitrogens with zero attached hydrogens (tertiary/aromatic N) is 1. The van der Waals surface area contributed by atoms with E-state index in [1.165, 1.54) is 0 Å². The number of hydrogen-bond acceptors (Lipinski definition) is 4. The van der Waals surface area contributed by atoms with Crippen molar-refractivity contribution >= 4 is 11.6 Å². The molecule has 23 heavy (non-hydrogen) atoms. The number of nitro benzene ring substituents is 1. The zero-order chi connectivity index (χ0) is 17.0.